The smallest absolute Gasteiger partial charge is 0.247 e. The van der Waals surface area contributed by atoms with Crippen LogP contribution in [0.15, 0.2) is 48.0 Å². The molecule has 10 heteroatoms. The number of fused-ring (bicyclic) bond motifs is 1. The first-order valence-corrected chi connectivity index (χ1v) is 9.97. The van der Waals surface area contributed by atoms with Crippen molar-refractivity contribution in [1.29, 1.82) is 0 Å². The van der Waals surface area contributed by atoms with Crippen LogP contribution in [0.2, 0.25) is 0 Å². The van der Waals surface area contributed by atoms with E-state index < -0.39 is 21.5 Å². The second-order valence-electron chi connectivity index (χ2n) is 6.17. The van der Waals surface area contributed by atoms with Crippen LogP contribution in [-0.4, -0.2) is 39.0 Å². The van der Waals surface area contributed by atoms with Crippen LogP contribution < -0.4 is 0 Å². The molecule has 0 aliphatic rings. The number of nitrogens with zero attached hydrogens (tertiary/aromatic N) is 5. The Morgan fingerprint density at radius 3 is 2.39 bits per heavy atom. The highest BCUT2D eigenvalue weighted by atomic mass is 32.2. The lowest BCUT2D eigenvalue weighted by atomic mass is 10.1. The Bertz CT molecular complexity index is 1320. The molecular weight excluding hydrogens is 388 g/mol. The van der Waals surface area contributed by atoms with Crippen molar-refractivity contribution in [3.05, 3.63) is 60.2 Å². The minimum atomic E-state index is -3.65. The molecule has 142 valence electrons. The first-order chi connectivity index (χ1) is 13.2. The van der Waals surface area contributed by atoms with Gasteiger partial charge in [-0.1, -0.05) is 0 Å². The summed E-state index contributed by atoms with van der Waals surface area (Å²) < 4.78 is 53.0. The third kappa shape index (κ3) is 3.11. The van der Waals surface area contributed by atoms with Crippen LogP contribution in [0.25, 0.3) is 28.3 Å². The standard InChI is InChI=1S/C18H13F2N5O2S/c1-10-17-24-15(11-7-12(19)9-13(20)8-11)16(25(17)6-5-21-10)14-3-4-22-18(23-14)28(2,26)27/h3-9H,1-2H3. The van der Waals surface area contributed by atoms with E-state index in [4.69, 9.17) is 0 Å². The van der Waals surface area contributed by atoms with Crippen LogP contribution >= 0.6 is 0 Å². The number of rotatable bonds is 3. The van der Waals surface area contributed by atoms with Gasteiger partial charge in [-0.15, -0.1) is 0 Å². The first-order valence-electron chi connectivity index (χ1n) is 8.07. The molecule has 28 heavy (non-hydrogen) atoms. The van der Waals surface area contributed by atoms with E-state index in [1.54, 1.807) is 23.7 Å². The van der Waals surface area contributed by atoms with Gasteiger partial charge in [0.2, 0.25) is 15.0 Å². The summed E-state index contributed by atoms with van der Waals surface area (Å²) in [6.07, 6.45) is 5.47. The number of benzene rings is 1. The zero-order valence-corrected chi connectivity index (χ0v) is 15.6. The second-order valence-corrected chi connectivity index (χ2v) is 8.08. The molecule has 0 atom stereocenters. The summed E-state index contributed by atoms with van der Waals surface area (Å²) in [5, 5.41) is -0.359. The minimum Gasteiger partial charge on any atom is -0.295 e. The van der Waals surface area contributed by atoms with E-state index in [0.717, 1.165) is 24.5 Å². The summed E-state index contributed by atoms with van der Waals surface area (Å²) >= 11 is 0. The maximum Gasteiger partial charge on any atom is 0.247 e. The minimum absolute atomic E-state index is 0.190. The molecule has 1 aromatic carbocycles. The normalized spacial score (nSPS) is 11.9. The predicted molar refractivity (Wildman–Crippen MR) is 97.2 cm³/mol. The molecule has 3 heterocycles. The molecule has 4 rings (SSSR count). The van der Waals surface area contributed by atoms with Crippen LogP contribution in [0.4, 0.5) is 8.78 Å². The third-order valence-corrected chi connectivity index (χ3v) is 4.92. The largest absolute Gasteiger partial charge is 0.295 e. The van der Waals surface area contributed by atoms with Crippen LogP contribution in [0.1, 0.15) is 5.69 Å². The van der Waals surface area contributed by atoms with E-state index in [1.807, 2.05) is 0 Å². The zero-order valence-electron chi connectivity index (χ0n) is 14.8. The van der Waals surface area contributed by atoms with Crippen LogP contribution in [-0.2, 0) is 9.84 Å². The van der Waals surface area contributed by atoms with Gasteiger partial charge in [-0.3, -0.25) is 9.38 Å². The fraction of sp³-hybridized carbons (Fsp3) is 0.111. The highest BCUT2D eigenvalue weighted by Crippen LogP contribution is 2.33. The molecule has 0 radical (unpaired) electrons. The number of hydrogen-bond acceptors (Lipinski definition) is 6. The van der Waals surface area contributed by atoms with Crippen molar-refractivity contribution in [1.82, 2.24) is 24.3 Å². The Labute approximate surface area is 158 Å². The van der Waals surface area contributed by atoms with Crippen molar-refractivity contribution < 1.29 is 17.2 Å². The fourth-order valence-corrected chi connectivity index (χ4v) is 3.41. The first kappa shape index (κ1) is 18.1. The number of sulfone groups is 1. The molecule has 0 saturated carbocycles. The molecule has 0 aliphatic carbocycles. The number of aromatic nitrogens is 5. The van der Waals surface area contributed by atoms with Crippen molar-refractivity contribution >= 4 is 15.5 Å². The van der Waals surface area contributed by atoms with Crippen molar-refractivity contribution in [2.75, 3.05) is 6.26 Å². The van der Waals surface area contributed by atoms with Gasteiger partial charge < -0.3 is 0 Å². The zero-order chi connectivity index (χ0) is 20.1. The quantitative estimate of drug-likeness (QED) is 0.491. The van der Waals surface area contributed by atoms with Gasteiger partial charge in [-0.25, -0.2) is 32.2 Å². The summed E-state index contributed by atoms with van der Waals surface area (Å²) in [7, 11) is -3.65. The molecule has 0 bridgehead atoms. The Balaban J connectivity index is 2.09. The lowest BCUT2D eigenvalue weighted by Crippen LogP contribution is -2.05. The van der Waals surface area contributed by atoms with Crippen molar-refractivity contribution in [2.45, 2.75) is 12.1 Å². The highest BCUT2D eigenvalue weighted by Gasteiger charge is 2.21. The third-order valence-electron chi connectivity index (χ3n) is 4.06. The maximum atomic E-state index is 13.8. The molecule has 3 aromatic heterocycles. The topological polar surface area (TPSA) is 90.1 Å². The van der Waals surface area contributed by atoms with Crippen molar-refractivity contribution in [2.24, 2.45) is 0 Å². The molecular formula is C18H13F2N5O2S. The van der Waals surface area contributed by atoms with Crippen LogP contribution in [0.3, 0.4) is 0 Å². The molecule has 0 unspecified atom stereocenters. The molecule has 0 saturated heterocycles. The SMILES string of the molecule is Cc1nccn2c(-c3ccnc(S(C)(=O)=O)n3)c(-c3cc(F)cc(F)c3)nc12. The summed E-state index contributed by atoms with van der Waals surface area (Å²) in [5.41, 5.74) is 2.09. The molecule has 0 spiro atoms. The van der Waals surface area contributed by atoms with Gasteiger partial charge in [0.15, 0.2) is 5.65 Å². The van der Waals surface area contributed by atoms with Gasteiger partial charge in [0.25, 0.3) is 0 Å². The Morgan fingerprint density at radius 1 is 1.00 bits per heavy atom. The van der Waals surface area contributed by atoms with Gasteiger partial charge in [0.05, 0.1) is 22.8 Å². The van der Waals surface area contributed by atoms with Gasteiger partial charge in [0.1, 0.15) is 11.6 Å². The number of hydrogen-bond donors (Lipinski definition) is 0. The monoisotopic (exact) mass is 401 g/mol. The van der Waals surface area contributed by atoms with E-state index in [0.29, 0.717) is 17.0 Å². The van der Waals surface area contributed by atoms with Crippen LogP contribution in [0.5, 0.6) is 0 Å². The van der Waals surface area contributed by atoms with Crippen LogP contribution in [0, 0.1) is 18.6 Å². The average Bonchev–Trinajstić information content (AvgIpc) is 3.01. The second kappa shape index (κ2) is 6.41. The van der Waals surface area contributed by atoms with Gasteiger partial charge in [-0.2, -0.15) is 0 Å². The Morgan fingerprint density at radius 2 is 1.71 bits per heavy atom. The summed E-state index contributed by atoms with van der Waals surface area (Å²) in [6.45, 7) is 1.74. The Hall–Kier alpha value is -3.27. The van der Waals surface area contributed by atoms with Gasteiger partial charge >= 0.3 is 0 Å². The van der Waals surface area contributed by atoms with E-state index in [1.165, 1.54) is 12.3 Å². The van der Waals surface area contributed by atoms with Gasteiger partial charge in [0, 0.05) is 36.5 Å². The molecule has 0 N–H and O–H groups in total. The Kier molecular flexibility index (Phi) is 4.15. The fourth-order valence-electron chi connectivity index (χ4n) is 2.89. The van der Waals surface area contributed by atoms with E-state index in [9.17, 15) is 17.2 Å². The maximum absolute atomic E-state index is 13.8. The molecule has 4 aromatic rings. The average molecular weight is 401 g/mol. The lowest BCUT2D eigenvalue weighted by molar-refractivity contribution is 0.584. The number of imidazole rings is 1. The van der Waals surface area contributed by atoms with Crippen molar-refractivity contribution in [3.8, 4) is 22.6 Å². The predicted octanol–water partition coefficient (Wildman–Crippen LogP) is 2.84. The van der Waals surface area contributed by atoms with E-state index in [-0.39, 0.29) is 22.1 Å². The molecule has 7 nitrogen and oxygen atoms in total. The number of halogens is 2. The lowest BCUT2D eigenvalue weighted by Gasteiger charge is -2.07. The molecule has 0 amide bonds. The summed E-state index contributed by atoms with van der Waals surface area (Å²) in [6, 6.07) is 4.57. The molecule has 0 aliphatic heterocycles. The molecule has 0 fully saturated rings. The van der Waals surface area contributed by atoms with E-state index >= 15 is 0 Å². The number of aryl methyl sites for hydroxylation is 1. The summed E-state index contributed by atoms with van der Waals surface area (Å²) in [4.78, 5) is 16.6. The highest BCUT2D eigenvalue weighted by molar-refractivity contribution is 7.90. The van der Waals surface area contributed by atoms with Crippen molar-refractivity contribution in [3.63, 3.8) is 0 Å². The van der Waals surface area contributed by atoms with Gasteiger partial charge in [-0.05, 0) is 25.1 Å². The summed E-state index contributed by atoms with van der Waals surface area (Å²) in [5.74, 6) is -1.51. The van der Waals surface area contributed by atoms with E-state index in [2.05, 4.69) is 19.9 Å².